The quantitative estimate of drug-likeness (QED) is 0.706. The highest BCUT2D eigenvalue weighted by molar-refractivity contribution is 5.01. The Morgan fingerprint density at radius 2 is 2.06 bits per heavy atom. The molecule has 1 unspecified atom stereocenters. The van der Waals surface area contributed by atoms with Crippen molar-refractivity contribution in [1.29, 1.82) is 0 Å². The fourth-order valence-electron chi connectivity index (χ4n) is 1.44. The van der Waals surface area contributed by atoms with Crippen LogP contribution in [-0.4, -0.2) is 41.0 Å². The lowest BCUT2D eigenvalue weighted by atomic mass is 10.2. The van der Waals surface area contributed by atoms with Gasteiger partial charge in [-0.05, 0) is 20.4 Å². The van der Waals surface area contributed by atoms with Gasteiger partial charge in [0.05, 0.1) is 0 Å². The van der Waals surface area contributed by atoms with Crippen molar-refractivity contribution in [1.82, 2.24) is 20.2 Å². The van der Waals surface area contributed by atoms with E-state index in [1.807, 2.05) is 12.4 Å². The molecule has 0 amide bonds. The summed E-state index contributed by atoms with van der Waals surface area (Å²) in [7, 11) is 2.17. The molecule has 0 bridgehead atoms. The van der Waals surface area contributed by atoms with Crippen molar-refractivity contribution in [3.05, 3.63) is 24.3 Å². The summed E-state index contributed by atoms with van der Waals surface area (Å²) in [5.41, 5.74) is 1.13. The van der Waals surface area contributed by atoms with Crippen molar-refractivity contribution in [2.45, 2.75) is 32.9 Å². The van der Waals surface area contributed by atoms with E-state index in [1.54, 1.807) is 6.33 Å². The molecule has 90 valence electrons. The van der Waals surface area contributed by atoms with Crippen molar-refractivity contribution in [3.63, 3.8) is 0 Å². The maximum absolute atomic E-state index is 3.98. The molecule has 1 heterocycles. The van der Waals surface area contributed by atoms with E-state index in [9.17, 15) is 0 Å². The largest absolute Gasteiger partial charge is 0.311 e. The van der Waals surface area contributed by atoms with Crippen molar-refractivity contribution in [2.75, 3.05) is 20.1 Å². The van der Waals surface area contributed by atoms with Crippen LogP contribution in [0.3, 0.4) is 0 Å². The second kappa shape index (κ2) is 7.30. The first kappa shape index (κ1) is 13.1. The fraction of sp³-hybridized carbons (Fsp3) is 0.667. The molecule has 0 aliphatic carbocycles. The van der Waals surface area contributed by atoms with Crippen LogP contribution in [0.4, 0.5) is 0 Å². The predicted octanol–water partition coefficient (Wildman–Crippen LogP) is 1.30. The SMILES string of the molecule is CCC(C)N(C)CCNCc1cncnc1. The molecule has 1 aromatic heterocycles. The van der Waals surface area contributed by atoms with E-state index in [0.29, 0.717) is 6.04 Å². The number of nitrogens with zero attached hydrogens (tertiary/aromatic N) is 3. The molecule has 0 aliphatic rings. The maximum Gasteiger partial charge on any atom is 0.115 e. The molecule has 0 saturated heterocycles. The summed E-state index contributed by atoms with van der Waals surface area (Å²) < 4.78 is 0. The molecule has 1 N–H and O–H groups in total. The van der Waals surface area contributed by atoms with Crippen molar-refractivity contribution in [2.24, 2.45) is 0 Å². The Hall–Kier alpha value is -1.00. The molecule has 0 aliphatic heterocycles. The molecule has 0 radical (unpaired) electrons. The van der Waals surface area contributed by atoms with E-state index in [4.69, 9.17) is 0 Å². The van der Waals surface area contributed by atoms with Crippen LogP contribution in [0.15, 0.2) is 18.7 Å². The normalized spacial score (nSPS) is 13.0. The van der Waals surface area contributed by atoms with E-state index in [1.165, 1.54) is 6.42 Å². The highest BCUT2D eigenvalue weighted by atomic mass is 15.1. The molecule has 0 aromatic carbocycles. The number of likely N-dealkylation sites (N-methyl/N-ethyl adjacent to an activating group) is 1. The lowest BCUT2D eigenvalue weighted by molar-refractivity contribution is 0.251. The molecule has 0 spiro atoms. The Morgan fingerprint density at radius 1 is 1.38 bits per heavy atom. The second-order valence-electron chi connectivity index (χ2n) is 4.16. The molecule has 4 heteroatoms. The van der Waals surface area contributed by atoms with E-state index in [2.05, 4.69) is 41.1 Å². The number of rotatable bonds is 7. The Balaban J connectivity index is 2.13. The molecule has 1 aromatic rings. The van der Waals surface area contributed by atoms with Gasteiger partial charge in [-0.25, -0.2) is 9.97 Å². The summed E-state index contributed by atoms with van der Waals surface area (Å²) >= 11 is 0. The number of aromatic nitrogens is 2. The van der Waals surface area contributed by atoms with Gasteiger partial charge in [-0.3, -0.25) is 0 Å². The van der Waals surface area contributed by atoms with Gasteiger partial charge < -0.3 is 10.2 Å². The molecule has 0 fully saturated rings. The maximum atomic E-state index is 3.98. The van der Waals surface area contributed by atoms with Gasteiger partial charge in [0.25, 0.3) is 0 Å². The zero-order chi connectivity index (χ0) is 11.8. The van der Waals surface area contributed by atoms with Crippen LogP contribution in [0.1, 0.15) is 25.8 Å². The Labute approximate surface area is 98.1 Å². The van der Waals surface area contributed by atoms with E-state index >= 15 is 0 Å². The van der Waals surface area contributed by atoms with Gasteiger partial charge in [0, 0.05) is 43.6 Å². The molecule has 16 heavy (non-hydrogen) atoms. The molecule has 1 rings (SSSR count). The van der Waals surface area contributed by atoms with Gasteiger partial charge in [0.1, 0.15) is 6.33 Å². The smallest absolute Gasteiger partial charge is 0.115 e. The van der Waals surface area contributed by atoms with Gasteiger partial charge in [0.15, 0.2) is 0 Å². The summed E-state index contributed by atoms with van der Waals surface area (Å²) in [6, 6.07) is 0.654. The van der Waals surface area contributed by atoms with Crippen LogP contribution in [-0.2, 0) is 6.54 Å². The first-order valence-electron chi connectivity index (χ1n) is 5.89. The zero-order valence-corrected chi connectivity index (χ0v) is 10.5. The molecule has 1 atom stereocenters. The fourth-order valence-corrected chi connectivity index (χ4v) is 1.44. The summed E-state index contributed by atoms with van der Waals surface area (Å²) in [6.45, 7) is 7.38. The van der Waals surface area contributed by atoms with Gasteiger partial charge in [-0.1, -0.05) is 6.92 Å². The second-order valence-corrected chi connectivity index (χ2v) is 4.16. The minimum atomic E-state index is 0.654. The Bertz CT molecular complexity index is 276. The van der Waals surface area contributed by atoms with Crippen LogP contribution >= 0.6 is 0 Å². The van der Waals surface area contributed by atoms with E-state index < -0.39 is 0 Å². The van der Waals surface area contributed by atoms with Crippen LogP contribution in [0.25, 0.3) is 0 Å². The Kier molecular flexibility index (Phi) is 5.96. The molecular formula is C12H22N4. The van der Waals surface area contributed by atoms with Crippen molar-refractivity contribution >= 4 is 0 Å². The highest BCUT2D eigenvalue weighted by Crippen LogP contribution is 1.98. The minimum Gasteiger partial charge on any atom is -0.311 e. The molecular weight excluding hydrogens is 200 g/mol. The highest BCUT2D eigenvalue weighted by Gasteiger charge is 2.04. The summed E-state index contributed by atoms with van der Waals surface area (Å²) in [6.07, 6.45) is 6.44. The first-order valence-corrected chi connectivity index (χ1v) is 5.89. The first-order chi connectivity index (χ1) is 7.74. The van der Waals surface area contributed by atoms with Crippen LogP contribution in [0.5, 0.6) is 0 Å². The molecule has 0 saturated carbocycles. The average Bonchev–Trinajstić information content (AvgIpc) is 2.34. The number of nitrogens with one attached hydrogen (secondary N) is 1. The van der Waals surface area contributed by atoms with E-state index in [0.717, 1.165) is 25.2 Å². The third-order valence-corrected chi connectivity index (χ3v) is 2.93. The van der Waals surface area contributed by atoms with Gasteiger partial charge in [-0.15, -0.1) is 0 Å². The van der Waals surface area contributed by atoms with E-state index in [-0.39, 0.29) is 0 Å². The number of hydrogen-bond acceptors (Lipinski definition) is 4. The monoisotopic (exact) mass is 222 g/mol. The van der Waals surface area contributed by atoms with Crippen molar-refractivity contribution in [3.8, 4) is 0 Å². The third kappa shape index (κ3) is 4.68. The lowest BCUT2D eigenvalue weighted by Crippen LogP contribution is -2.34. The average molecular weight is 222 g/mol. The zero-order valence-electron chi connectivity index (χ0n) is 10.5. The van der Waals surface area contributed by atoms with Gasteiger partial charge in [-0.2, -0.15) is 0 Å². The summed E-state index contributed by atoms with van der Waals surface area (Å²) in [4.78, 5) is 10.3. The Morgan fingerprint density at radius 3 is 2.69 bits per heavy atom. The van der Waals surface area contributed by atoms with Crippen LogP contribution in [0, 0.1) is 0 Å². The number of hydrogen-bond donors (Lipinski definition) is 1. The van der Waals surface area contributed by atoms with Crippen molar-refractivity contribution < 1.29 is 0 Å². The van der Waals surface area contributed by atoms with Gasteiger partial charge in [0.2, 0.25) is 0 Å². The van der Waals surface area contributed by atoms with Crippen LogP contribution in [0.2, 0.25) is 0 Å². The minimum absolute atomic E-state index is 0.654. The summed E-state index contributed by atoms with van der Waals surface area (Å²) in [5, 5.41) is 3.39. The summed E-state index contributed by atoms with van der Waals surface area (Å²) in [5.74, 6) is 0. The standard InChI is InChI=1S/C12H22N4/c1-4-11(2)16(3)6-5-13-7-12-8-14-10-15-9-12/h8-11,13H,4-7H2,1-3H3. The third-order valence-electron chi connectivity index (χ3n) is 2.93. The lowest BCUT2D eigenvalue weighted by Gasteiger charge is -2.23. The van der Waals surface area contributed by atoms with Gasteiger partial charge >= 0.3 is 0 Å². The predicted molar refractivity (Wildman–Crippen MR) is 66.1 cm³/mol. The molecule has 4 nitrogen and oxygen atoms in total. The van der Waals surface area contributed by atoms with Crippen LogP contribution < -0.4 is 5.32 Å². The topological polar surface area (TPSA) is 41.0 Å².